The van der Waals surface area contributed by atoms with Gasteiger partial charge in [0.2, 0.25) is 5.91 Å². The molecule has 0 aliphatic rings. The number of rotatable bonds is 8. The number of carbonyl (C=O) groups excluding carboxylic acids is 1. The Hall–Kier alpha value is -1.04. The predicted octanol–water partition coefficient (Wildman–Crippen LogP) is 1.89. The second kappa shape index (κ2) is 8.96. The topological polar surface area (TPSA) is 44.4 Å². The van der Waals surface area contributed by atoms with Crippen LogP contribution in [0.3, 0.4) is 0 Å². The molecular weight excluding hydrogens is 258 g/mol. The molecular formula is C14H23N3OS. The molecule has 0 aliphatic carbocycles. The van der Waals surface area contributed by atoms with Crippen molar-refractivity contribution in [1.82, 2.24) is 10.2 Å². The molecule has 0 aliphatic heterocycles. The maximum Gasteiger partial charge on any atom is 0.238 e. The number of nitrogens with zero attached hydrogens (tertiary/aromatic N) is 1. The van der Waals surface area contributed by atoms with Gasteiger partial charge in [0.1, 0.15) is 0 Å². The van der Waals surface area contributed by atoms with Crippen molar-refractivity contribution in [3.63, 3.8) is 0 Å². The lowest BCUT2D eigenvalue weighted by atomic mass is 10.3. The zero-order valence-electron chi connectivity index (χ0n) is 11.9. The van der Waals surface area contributed by atoms with E-state index in [1.54, 1.807) is 11.8 Å². The number of likely N-dealkylation sites (N-methyl/N-ethyl adjacent to an activating group) is 1. The largest absolute Gasteiger partial charge is 0.324 e. The van der Waals surface area contributed by atoms with Gasteiger partial charge in [0.15, 0.2) is 0 Å². The van der Waals surface area contributed by atoms with E-state index in [-0.39, 0.29) is 5.91 Å². The van der Waals surface area contributed by atoms with Crippen LogP contribution in [0.1, 0.15) is 6.42 Å². The molecule has 106 valence electrons. The van der Waals surface area contributed by atoms with Crippen LogP contribution >= 0.6 is 11.8 Å². The number of anilines is 1. The minimum atomic E-state index is 0.0356. The lowest BCUT2D eigenvalue weighted by Crippen LogP contribution is -2.32. The van der Waals surface area contributed by atoms with E-state index in [0.29, 0.717) is 6.54 Å². The summed E-state index contributed by atoms with van der Waals surface area (Å²) in [4.78, 5) is 15.1. The van der Waals surface area contributed by atoms with E-state index in [2.05, 4.69) is 10.6 Å². The second-order valence-electron chi connectivity index (χ2n) is 4.44. The van der Waals surface area contributed by atoms with E-state index in [1.807, 2.05) is 49.5 Å². The van der Waals surface area contributed by atoms with E-state index in [0.717, 1.165) is 30.1 Å². The molecule has 5 heteroatoms. The average Bonchev–Trinajstić information content (AvgIpc) is 2.39. The Morgan fingerprint density at radius 1 is 1.37 bits per heavy atom. The molecule has 0 heterocycles. The van der Waals surface area contributed by atoms with Crippen molar-refractivity contribution in [3.8, 4) is 0 Å². The van der Waals surface area contributed by atoms with Crippen molar-refractivity contribution in [2.75, 3.05) is 45.3 Å². The smallest absolute Gasteiger partial charge is 0.238 e. The molecule has 0 atom stereocenters. The first-order valence-electron chi connectivity index (χ1n) is 6.43. The van der Waals surface area contributed by atoms with Gasteiger partial charge in [0, 0.05) is 4.90 Å². The van der Waals surface area contributed by atoms with Gasteiger partial charge < -0.3 is 10.6 Å². The summed E-state index contributed by atoms with van der Waals surface area (Å²) < 4.78 is 0. The summed E-state index contributed by atoms with van der Waals surface area (Å²) in [5, 5.41) is 6.07. The van der Waals surface area contributed by atoms with Crippen LogP contribution in [-0.2, 0) is 4.79 Å². The standard InChI is InChI=1S/C14H23N3OS/c1-15-9-6-10-17(2)11-14(18)16-12-7-4-5-8-13(12)19-3/h4-5,7-8,15H,6,9-11H2,1-3H3,(H,16,18). The highest BCUT2D eigenvalue weighted by Gasteiger charge is 2.08. The van der Waals surface area contributed by atoms with Gasteiger partial charge in [-0.1, -0.05) is 12.1 Å². The zero-order valence-corrected chi connectivity index (χ0v) is 12.7. The Kier molecular flexibility index (Phi) is 7.55. The molecule has 1 aromatic carbocycles. The van der Waals surface area contributed by atoms with Crippen molar-refractivity contribution in [3.05, 3.63) is 24.3 Å². The fourth-order valence-electron chi connectivity index (χ4n) is 1.79. The fourth-order valence-corrected chi connectivity index (χ4v) is 2.34. The van der Waals surface area contributed by atoms with Crippen LogP contribution < -0.4 is 10.6 Å². The Balaban J connectivity index is 2.42. The highest BCUT2D eigenvalue weighted by atomic mass is 32.2. The summed E-state index contributed by atoms with van der Waals surface area (Å²) >= 11 is 1.64. The van der Waals surface area contributed by atoms with Gasteiger partial charge in [0.05, 0.1) is 12.2 Å². The van der Waals surface area contributed by atoms with Gasteiger partial charge in [-0.2, -0.15) is 0 Å². The van der Waals surface area contributed by atoms with Crippen molar-refractivity contribution in [2.24, 2.45) is 0 Å². The second-order valence-corrected chi connectivity index (χ2v) is 5.29. The first kappa shape index (κ1) is 16.0. The van der Waals surface area contributed by atoms with Crippen LogP contribution in [0.5, 0.6) is 0 Å². The summed E-state index contributed by atoms with van der Waals surface area (Å²) in [5.41, 5.74) is 0.892. The number of thioether (sulfide) groups is 1. The molecule has 1 aromatic rings. The molecule has 1 amide bonds. The summed E-state index contributed by atoms with van der Waals surface area (Å²) in [7, 11) is 3.90. The molecule has 4 nitrogen and oxygen atoms in total. The van der Waals surface area contributed by atoms with Gasteiger partial charge >= 0.3 is 0 Å². The molecule has 1 rings (SSSR count). The highest BCUT2D eigenvalue weighted by molar-refractivity contribution is 7.98. The maximum atomic E-state index is 11.9. The number of para-hydroxylation sites is 1. The van der Waals surface area contributed by atoms with E-state index in [1.165, 1.54) is 0 Å². The number of nitrogens with one attached hydrogen (secondary N) is 2. The Bertz CT molecular complexity index is 398. The van der Waals surface area contributed by atoms with E-state index in [9.17, 15) is 4.79 Å². The molecule has 0 spiro atoms. The van der Waals surface area contributed by atoms with E-state index < -0.39 is 0 Å². The van der Waals surface area contributed by atoms with Crippen LogP contribution in [0.25, 0.3) is 0 Å². The molecule has 0 radical (unpaired) electrons. The molecule has 2 N–H and O–H groups in total. The monoisotopic (exact) mass is 281 g/mol. The zero-order chi connectivity index (χ0) is 14.1. The van der Waals surface area contributed by atoms with Gasteiger partial charge in [0.25, 0.3) is 0 Å². The molecule has 0 saturated heterocycles. The van der Waals surface area contributed by atoms with Gasteiger partial charge in [-0.3, -0.25) is 9.69 Å². The lowest BCUT2D eigenvalue weighted by Gasteiger charge is -2.16. The minimum absolute atomic E-state index is 0.0356. The summed E-state index contributed by atoms with van der Waals surface area (Å²) in [6.07, 6.45) is 3.05. The van der Waals surface area contributed by atoms with Crippen LogP contribution in [0.15, 0.2) is 29.2 Å². The van der Waals surface area contributed by atoms with Crippen molar-refractivity contribution in [2.45, 2.75) is 11.3 Å². The van der Waals surface area contributed by atoms with Crippen LogP contribution in [0.2, 0.25) is 0 Å². The third-order valence-corrected chi connectivity index (χ3v) is 3.56. The quantitative estimate of drug-likeness (QED) is 0.564. The number of carbonyl (C=O) groups is 1. The molecule has 19 heavy (non-hydrogen) atoms. The maximum absolute atomic E-state index is 11.9. The van der Waals surface area contributed by atoms with Crippen LogP contribution in [0, 0.1) is 0 Å². The third-order valence-electron chi connectivity index (χ3n) is 2.76. The number of amides is 1. The predicted molar refractivity (Wildman–Crippen MR) is 82.9 cm³/mol. The van der Waals surface area contributed by atoms with E-state index >= 15 is 0 Å². The van der Waals surface area contributed by atoms with Crippen LogP contribution in [0.4, 0.5) is 5.69 Å². The molecule has 0 bridgehead atoms. The van der Waals surface area contributed by atoms with Crippen LogP contribution in [-0.4, -0.2) is 50.8 Å². The molecule has 0 fully saturated rings. The number of benzene rings is 1. The number of hydrogen-bond donors (Lipinski definition) is 2. The lowest BCUT2D eigenvalue weighted by molar-refractivity contribution is -0.117. The highest BCUT2D eigenvalue weighted by Crippen LogP contribution is 2.24. The van der Waals surface area contributed by atoms with Gasteiger partial charge in [-0.05, 0) is 52.0 Å². The first-order valence-corrected chi connectivity index (χ1v) is 7.66. The van der Waals surface area contributed by atoms with Gasteiger partial charge in [-0.15, -0.1) is 11.8 Å². The molecule has 0 saturated carbocycles. The summed E-state index contributed by atoms with van der Waals surface area (Å²) in [6.45, 7) is 2.31. The SMILES string of the molecule is CNCCCN(C)CC(=O)Nc1ccccc1SC. The van der Waals surface area contributed by atoms with Gasteiger partial charge in [-0.25, -0.2) is 0 Å². The minimum Gasteiger partial charge on any atom is -0.324 e. The summed E-state index contributed by atoms with van der Waals surface area (Å²) in [6, 6.07) is 7.86. The molecule has 0 unspecified atom stereocenters. The normalized spacial score (nSPS) is 10.7. The molecule has 0 aromatic heterocycles. The first-order chi connectivity index (χ1) is 9.17. The Morgan fingerprint density at radius 2 is 2.11 bits per heavy atom. The Labute approximate surface area is 119 Å². The van der Waals surface area contributed by atoms with Crippen molar-refractivity contribution in [1.29, 1.82) is 0 Å². The average molecular weight is 281 g/mol. The van der Waals surface area contributed by atoms with Crippen molar-refractivity contribution >= 4 is 23.4 Å². The third kappa shape index (κ3) is 6.09. The number of hydrogen-bond acceptors (Lipinski definition) is 4. The summed E-state index contributed by atoms with van der Waals surface area (Å²) in [5.74, 6) is 0.0356. The van der Waals surface area contributed by atoms with E-state index in [4.69, 9.17) is 0 Å². The Morgan fingerprint density at radius 3 is 2.79 bits per heavy atom. The van der Waals surface area contributed by atoms with Crippen molar-refractivity contribution < 1.29 is 4.79 Å². The fraction of sp³-hybridized carbons (Fsp3) is 0.500.